The molecule has 4 heteroatoms. The van der Waals surface area contributed by atoms with Gasteiger partial charge in [0.1, 0.15) is 5.82 Å². The van der Waals surface area contributed by atoms with Gasteiger partial charge in [0, 0.05) is 18.1 Å². The Bertz CT molecular complexity index is 1040. The predicted molar refractivity (Wildman–Crippen MR) is 103 cm³/mol. The number of para-hydroxylation sites is 1. The van der Waals surface area contributed by atoms with E-state index in [1.54, 1.807) is 6.20 Å². The summed E-state index contributed by atoms with van der Waals surface area (Å²) in [5, 5.41) is 4.52. The van der Waals surface area contributed by atoms with Crippen LogP contribution in [0, 0.1) is 20.8 Å². The molecule has 0 saturated heterocycles. The van der Waals surface area contributed by atoms with Crippen LogP contribution in [0.3, 0.4) is 0 Å². The zero-order chi connectivity index (χ0) is 17.4. The van der Waals surface area contributed by atoms with Crippen molar-refractivity contribution in [1.29, 1.82) is 0 Å². The molecule has 0 atom stereocenters. The highest BCUT2D eigenvalue weighted by molar-refractivity contribution is 5.81. The van der Waals surface area contributed by atoms with E-state index in [2.05, 4.69) is 71.0 Å². The number of aryl methyl sites for hydroxylation is 2. The Morgan fingerprint density at radius 2 is 1.68 bits per heavy atom. The van der Waals surface area contributed by atoms with Gasteiger partial charge in [-0.1, -0.05) is 18.2 Å². The van der Waals surface area contributed by atoms with Crippen molar-refractivity contribution < 1.29 is 0 Å². The van der Waals surface area contributed by atoms with Crippen LogP contribution in [-0.4, -0.2) is 14.5 Å². The Kier molecular flexibility index (Phi) is 3.73. The molecule has 124 valence electrons. The maximum absolute atomic E-state index is 4.68. The van der Waals surface area contributed by atoms with Gasteiger partial charge in [-0.25, -0.2) is 4.98 Å². The van der Waals surface area contributed by atoms with E-state index in [9.17, 15) is 0 Å². The molecule has 2 aromatic carbocycles. The Hall–Kier alpha value is -3.14. The highest BCUT2D eigenvalue weighted by Crippen LogP contribution is 2.23. The molecule has 25 heavy (non-hydrogen) atoms. The fourth-order valence-corrected chi connectivity index (χ4v) is 3.06. The standard InChI is InChI=1S/C21H20N4/c1-14-12-18(13-15(2)16(14)3)23-21-22-10-8-20(24-21)25-11-9-17-6-4-5-7-19(17)25/h4-13H,1-3H3,(H,22,23,24). The molecule has 4 nitrogen and oxygen atoms in total. The van der Waals surface area contributed by atoms with Crippen molar-refractivity contribution in [1.82, 2.24) is 14.5 Å². The highest BCUT2D eigenvalue weighted by atomic mass is 15.2. The largest absolute Gasteiger partial charge is 0.324 e. The minimum atomic E-state index is 0.595. The molecule has 0 unspecified atom stereocenters. The molecule has 0 spiro atoms. The first-order valence-corrected chi connectivity index (χ1v) is 8.36. The number of hydrogen-bond donors (Lipinski definition) is 1. The normalized spacial score (nSPS) is 11.0. The van der Waals surface area contributed by atoms with E-state index in [0.29, 0.717) is 5.95 Å². The number of nitrogens with one attached hydrogen (secondary N) is 1. The molecular weight excluding hydrogens is 308 g/mol. The predicted octanol–water partition coefficient (Wildman–Crippen LogP) is 5.09. The van der Waals surface area contributed by atoms with Gasteiger partial charge in [-0.15, -0.1) is 0 Å². The van der Waals surface area contributed by atoms with Crippen LogP contribution in [0.25, 0.3) is 16.7 Å². The van der Waals surface area contributed by atoms with Gasteiger partial charge < -0.3 is 9.88 Å². The second kappa shape index (κ2) is 6.06. The van der Waals surface area contributed by atoms with E-state index in [-0.39, 0.29) is 0 Å². The van der Waals surface area contributed by atoms with Crippen molar-refractivity contribution in [2.75, 3.05) is 5.32 Å². The van der Waals surface area contributed by atoms with Crippen LogP contribution in [0.15, 0.2) is 60.9 Å². The number of anilines is 2. The molecule has 0 aliphatic carbocycles. The van der Waals surface area contributed by atoms with E-state index in [1.807, 2.05) is 24.4 Å². The molecule has 0 aliphatic heterocycles. The average Bonchev–Trinajstić information content (AvgIpc) is 3.04. The molecule has 0 fully saturated rings. The van der Waals surface area contributed by atoms with E-state index >= 15 is 0 Å². The smallest absolute Gasteiger partial charge is 0.229 e. The molecule has 0 aliphatic rings. The number of nitrogens with zero attached hydrogens (tertiary/aromatic N) is 3. The molecule has 4 rings (SSSR count). The van der Waals surface area contributed by atoms with Crippen molar-refractivity contribution in [3.63, 3.8) is 0 Å². The summed E-state index contributed by atoms with van der Waals surface area (Å²) >= 11 is 0. The van der Waals surface area contributed by atoms with Gasteiger partial charge in [0.2, 0.25) is 5.95 Å². The lowest BCUT2D eigenvalue weighted by molar-refractivity contribution is 1.02. The van der Waals surface area contributed by atoms with Crippen molar-refractivity contribution in [2.24, 2.45) is 0 Å². The van der Waals surface area contributed by atoms with Crippen LogP contribution >= 0.6 is 0 Å². The minimum absolute atomic E-state index is 0.595. The van der Waals surface area contributed by atoms with Crippen LogP contribution in [0.1, 0.15) is 16.7 Å². The van der Waals surface area contributed by atoms with Gasteiger partial charge in [-0.05, 0) is 73.2 Å². The summed E-state index contributed by atoms with van der Waals surface area (Å²) in [5.41, 5.74) is 5.98. The second-order valence-corrected chi connectivity index (χ2v) is 6.34. The SMILES string of the molecule is Cc1cc(Nc2nccc(-n3ccc4ccccc43)n2)cc(C)c1C. The number of benzene rings is 2. The minimum Gasteiger partial charge on any atom is -0.324 e. The first-order valence-electron chi connectivity index (χ1n) is 8.36. The first kappa shape index (κ1) is 15.4. The van der Waals surface area contributed by atoms with Gasteiger partial charge >= 0.3 is 0 Å². The van der Waals surface area contributed by atoms with E-state index in [1.165, 1.54) is 22.1 Å². The summed E-state index contributed by atoms with van der Waals surface area (Å²) in [5.74, 6) is 1.44. The van der Waals surface area contributed by atoms with Crippen molar-refractivity contribution in [2.45, 2.75) is 20.8 Å². The van der Waals surface area contributed by atoms with Gasteiger partial charge in [0.05, 0.1) is 5.52 Å². The highest BCUT2D eigenvalue weighted by Gasteiger charge is 2.07. The third-order valence-electron chi connectivity index (χ3n) is 4.67. The zero-order valence-electron chi connectivity index (χ0n) is 14.6. The van der Waals surface area contributed by atoms with Crippen molar-refractivity contribution in [3.8, 4) is 5.82 Å². The van der Waals surface area contributed by atoms with Gasteiger partial charge in [0.15, 0.2) is 0 Å². The topological polar surface area (TPSA) is 42.7 Å². The summed E-state index contributed by atoms with van der Waals surface area (Å²) in [6, 6.07) is 16.5. The third kappa shape index (κ3) is 2.87. The van der Waals surface area contributed by atoms with Crippen LogP contribution < -0.4 is 5.32 Å². The van der Waals surface area contributed by atoms with Crippen molar-refractivity contribution >= 4 is 22.5 Å². The Morgan fingerprint density at radius 3 is 2.48 bits per heavy atom. The lowest BCUT2D eigenvalue weighted by Crippen LogP contribution is -2.02. The van der Waals surface area contributed by atoms with Crippen LogP contribution in [0.5, 0.6) is 0 Å². The fourth-order valence-electron chi connectivity index (χ4n) is 3.06. The van der Waals surface area contributed by atoms with Gasteiger partial charge in [-0.2, -0.15) is 4.98 Å². The van der Waals surface area contributed by atoms with E-state index in [0.717, 1.165) is 17.0 Å². The monoisotopic (exact) mass is 328 g/mol. The maximum Gasteiger partial charge on any atom is 0.229 e. The fraction of sp³-hybridized carbons (Fsp3) is 0.143. The second-order valence-electron chi connectivity index (χ2n) is 6.34. The lowest BCUT2D eigenvalue weighted by Gasteiger charge is -2.11. The first-order chi connectivity index (χ1) is 12.1. The van der Waals surface area contributed by atoms with Gasteiger partial charge in [0.25, 0.3) is 0 Å². The summed E-state index contributed by atoms with van der Waals surface area (Å²) < 4.78 is 2.08. The molecule has 4 aromatic rings. The third-order valence-corrected chi connectivity index (χ3v) is 4.67. The molecule has 0 amide bonds. The number of fused-ring (bicyclic) bond motifs is 1. The zero-order valence-corrected chi connectivity index (χ0v) is 14.6. The van der Waals surface area contributed by atoms with Crippen LogP contribution in [-0.2, 0) is 0 Å². The molecule has 0 bridgehead atoms. The van der Waals surface area contributed by atoms with Crippen LogP contribution in [0.4, 0.5) is 11.6 Å². The Morgan fingerprint density at radius 1 is 0.920 bits per heavy atom. The summed E-state index contributed by atoms with van der Waals surface area (Å²) in [7, 11) is 0. The quantitative estimate of drug-likeness (QED) is 0.569. The number of aromatic nitrogens is 3. The molecule has 2 aromatic heterocycles. The lowest BCUT2D eigenvalue weighted by atomic mass is 10.0. The number of hydrogen-bond acceptors (Lipinski definition) is 3. The molecule has 0 saturated carbocycles. The summed E-state index contributed by atoms with van der Waals surface area (Å²) in [4.78, 5) is 9.05. The summed E-state index contributed by atoms with van der Waals surface area (Å²) in [6.45, 7) is 6.39. The average molecular weight is 328 g/mol. The molecule has 0 radical (unpaired) electrons. The van der Waals surface area contributed by atoms with Gasteiger partial charge in [-0.3, -0.25) is 0 Å². The molecule has 2 heterocycles. The molecule has 1 N–H and O–H groups in total. The Balaban J connectivity index is 1.70. The van der Waals surface area contributed by atoms with E-state index in [4.69, 9.17) is 0 Å². The molecular formula is C21H20N4. The number of rotatable bonds is 3. The van der Waals surface area contributed by atoms with Crippen molar-refractivity contribution in [3.05, 3.63) is 77.6 Å². The van der Waals surface area contributed by atoms with Crippen LogP contribution in [0.2, 0.25) is 0 Å². The Labute approximate surface area is 147 Å². The van der Waals surface area contributed by atoms with E-state index < -0.39 is 0 Å². The summed E-state index contributed by atoms with van der Waals surface area (Å²) in [6.07, 6.45) is 3.82. The maximum atomic E-state index is 4.68.